The van der Waals surface area contributed by atoms with Crippen molar-refractivity contribution in [1.29, 1.82) is 0 Å². The minimum Gasteiger partial charge on any atom is -0.357 e. The standard InChI is InChI=1S/C19H33N3O2S.HI/c1-4-20-19(22-17(2)14-16-25(3,23)24)21-15-10-6-9-13-18-11-7-5-8-12-18;/h5,7-8,11-12,17H,4,6,9-10,13-16H2,1-3H3,(H2,20,21,22);1H. The van der Waals surface area contributed by atoms with Gasteiger partial charge in [-0.2, -0.15) is 0 Å². The van der Waals surface area contributed by atoms with E-state index in [0.29, 0.717) is 6.42 Å². The molecule has 0 radical (unpaired) electrons. The van der Waals surface area contributed by atoms with Crippen LogP contribution in [0.15, 0.2) is 35.3 Å². The molecule has 1 aromatic rings. The number of rotatable bonds is 11. The molecule has 0 bridgehead atoms. The van der Waals surface area contributed by atoms with Crippen molar-refractivity contribution in [3.05, 3.63) is 35.9 Å². The van der Waals surface area contributed by atoms with E-state index in [1.807, 2.05) is 19.9 Å². The lowest BCUT2D eigenvalue weighted by Gasteiger charge is -2.17. The summed E-state index contributed by atoms with van der Waals surface area (Å²) in [6, 6.07) is 10.6. The van der Waals surface area contributed by atoms with Gasteiger partial charge in [0.05, 0.1) is 5.75 Å². The summed E-state index contributed by atoms with van der Waals surface area (Å²) in [4.78, 5) is 4.59. The van der Waals surface area contributed by atoms with Crippen molar-refractivity contribution in [2.24, 2.45) is 4.99 Å². The maximum absolute atomic E-state index is 11.2. The first kappa shape index (κ1) is 25.2. The third-order valence-corrected chi connectivity index (χ3v) is 4.86. The van der Waals surface area contributed by atoms with E-state index in [0.717, 1.165) is 38.3 Å². The predicted octanol–water partition coefficient (Wildman–Crippen LogP) is 3.40. The molecule has 0 saturated carbocycles. The average molecular weight is 495 g/mol. The summed E-state index contributed by atoms with van der Waals surface area (Å²) in [7, 11) is -2.92. The summed E-state index contributed by atoms with van der Waals surface area (Å²) in [5, 5.41) is 6.50. The Morgan fingerprint density at radius 1 is 1.15 bits per heavy atom. The Balaban J connectivity index is 0.00000625. The van der Waals surface area contributed by atoms with Crippen LogP contribution in [0, 0.1) is 0 Å². The molecule has 150 valence electrons. The van der Waals surface area contributed by atoms with E-state index >= 15 is 0 Å². The normalized spacial score (nSPS) is 13.0. The molecule has 1 unspecified atom stereocenters. The lowest BCUT2D eigenvalue weighted by molar-refractivity contribution is 0.580. The fraction of sp³-hybridized carbons (Fsp3) is 0.632. The van der Waals surface area contributed by atoms with Gasteiger partial charge in [0.2, 0.25) is 0 Å². The zero-order valence-corrected chi connectivity index (χ0v) is 19.3. The van der Waals surface area contributed by atoms with Crippen molar-refractivity contribution in [2.75, 3.05) is 25.1 Å². The number of nitrogens with zero attached hydrogens (tertiary/aromatic N) is 1. The van der Waals surface area contributed by atoms with E-state index in [-0.39, 0.29) is 35.8 Å². The van der Waals surface area contributed by atoms with Crippen LogP contribution in [0.5, 0.6) is 0 Å². The maximum Gasteiger partial charge on any atom is 0.191 e. The first-order valence-corrected chi connectivity index (χ1v) is 11.2. The minimum atomic E-state index is -2.92. The van der Waals surface area contributed by atoms with Gasteiger partial charge >= 0.3 is 0 Å². The lowest BCUT2D eigenvalue weighted by Crippen LogP contribution is -2.42. The first-order chi connectivity index (χ1) is 11.9. The van der Waals surface area contributed by atoms with Gasteiger partial charge in [0.25, 0.3) is 0 Å². The summed E-state index contributed by atoms with van der Waals surface area (Å²) < 4.78 is 22.5. The largest absolute Gasteiger partial charge is 0.357 e. The summed E-state index contributed by atoms with van der Waals surface area (Å²) in [5.74, 6) is 0.964. The monoisotopic (exact) mass is 495 g/mol. The van der Waals surface area contributed by atoms with Crippen LogP contribution < -0.4 is 10.6 Å². The Kier molecular flexibility index (Phi) is 13.8. The highest BCUT2D eigenvalue weighted by molar-refractivity contribution is 14.0. The molecular weight excluding hydrogens is 461 g/mol. The van der Waals surface area contributed by atoms with Crippen LogP contribution in [-0.2, 0) is 16.3 Å². The Bertz CT molecular complexity index is 606. The zero-order chi connectivity index (χ0) is 18.5. The summed E-state index contributed by atoms with van der Waals surface area (Å²) >= 11 is 0. The van der Waals surface area contributed by atoms with E-state index in [4.69, 9.17) is 0 Å². The van der Waals surface area contributed by atoms with Crippen LogP contribution in [0.3, 0.4) is 0 Å². The molecule has 0 aliphatic rings. The second-order valence-corrected chi connectivity index (χ2v) is 8.78. The molecule has 0 aliphatic carbocycles. The minimum absolute atomic E-state index is 0. The van der Waals surface area contributed by atoms with Gasteiger partial charge < -0.3 is 10.6 Å². The van der Waals surface area contributed by atoms with Gasteiger partial charge in [-0.1, -0.05) is 36.8 Å². The molecule has 0 heterocycles. The van der Waals surface area contributed by atoms with E-state index in [1.165, 1.54) is 18.2 Å². The molecule has 1 atom stereocenters. The Morgan fingerprint density at radius 3 is 2.46 bits per heavy atom. The van der Waals surface area contributed by atoms with Crippen molar-refractivity contribution in [3.63, 3.8) is 0 Å². The summed E-state index contributed by atoms with van der Waals surface area (Å²) in [6.07, 6.45) is 6.36. The lowest BCUT2D eigenvalue weighted by atomic mass is 10.1. The van der Waals surface area contributed by atoms with E-state index in [9.17, 15) is 8.42 Å². The van der Waals surface area contributed by atoms with Crippen LogP contribution in [-0.4, -0.2) is 45.5 Å². The molecule has 0 fully saturated rings. The molecule has 2 N–H and O–H groups in total. The van der Waals surface area contributed by atoms with Crippen molar-refractivity contribution < 1.29 is 8.42 Å². The second-order valence-electron chi connectivity index (χ2n) is 6.52. The van der Waals surface area contributed by atoms with Crippen LogP contribution in [0.25, 0.3) is 0 Å². The number of hydrogen-bond donors (Lipinski definition) is 2. The van der Waals surface area contributed by atoms with Gasteiger partial charge in [-0.15, -0.1) is 24.0 Å². The predicted molar refractivity (Wildman–Crippen MR) is 122 cm³/mol. The molecule has 26 heavy (non-hydrogen) atoms. The number of hydrogen-bond acceptors (Lipinski definition) is 3. The molecule has 0 aliphatic heterocycles. The molecule has 0 aromatic heterocycles. The van der Waals surface area contributed by atoms with Crippen molar-refractivity contribution in [1.82, 2.24) is 10.6 Å². The Morgan fingerprint density at radius 2 is 1.85 bits per heavy atom. The number of unbranched alkanes of at least 4 members (excludes halogenated alkanes) is 2. The van der Waals surface area contributed by atoms with Crippen molar-refractivity contribution in [2.45, 2.75) is 52.0 Å². The van der Waals surface area contributed by atoms with Crippen molar-refractivity contribution in [3.8, 4) is 0 Å². The molecule has 7 heteroatoms. The first-order valence-electron chi connectivity index (χ1n) is 9.17. The number of aryl methyl sites for hydroxylation is 1. The molecule has 0 saturated heterocycles. The SMILES string of the molecule is CCNC(=NCCCCCc1ccccc1)NC(C)CCS(C)(=O)=O.I. The second kappa shape index (κ2) is 14.3. The molecule has 5 nitrogen and oxygen atoms in total. The number of aliphatic imine (C=N–C) groups is 1. The summed E-state index contributed by atoms with van der Waals surface area (Å²) in [5.41, 5.74) is 1.39. The fourth-order valence-electron chi connectivity index (χ4n) is 2.47. The number of benzene rings is 1. The van der Waals surface area contributed by atoms with Crippen molar-refractivity contribution >= 4 is 39.8 Å². The third kappa shape index (κ3) is 13.4. The third-order valence-electron chi connectivity index (χ3n) is 3.89. The van der Waals surface area contributed by atoms with E-state index in [2.05, 4.69) is 39.9 Å². The smallest absolute Gasteiger partial charge is 0.191 e. The van der Waals surface area contributed by atoms with Gasteiger partial charge in [0.15, 0.2) is 5.96 Å². The van der Waals surface area contributed by atoms with Crippen LogP contribution >= 0.6 is 24.0 Å². The van der Waals surface area contributed by atoms with Gasteiger partial charge in [0.1, 0.15) is 9.84 Å². The van der Waals surface area contributed by atoms with Gasteiger partial charge in [-0.3, -0.25) is 4.99 Å². The Hall–Kier alpha value is -0.830. The number of sulfone groups is 1. The van der Waals surface area contributed by atoms with Gasteiger partial charge in [0, 0.05) is 25.4 Å². The fourth-order valence-corrected chi connectivity index (χ4v) is 3.25. The quantitative estimate of drug-likeness (QED) is 0.214. The van der Waals surface area contributed by atoms with E-state index < -0.39 is 9.84 Å². The average Bonchev–Trinajstić information content (AvgIpc) is 2.56. The maximum atomic E-state index is 11.2. The molecule has 1 aromatic carbocycles. The van der Waals surface area contributed by atoms with Gasteiger partial charge in [-0.05, 0) is 45.1 Å². The van der Waals surface area contributed by atoms with Gasteiger partial charge in [-0.25, -0.2) is 8.42 Å². The number of halogens is 1. The van der Waals surface area contributed by atoms with Crippen LogP contribution in [0.2, 0.25) is 0 Å². The van der Waals surface area contributed by atoms with Crippen LogP contribution in [0.1, 0.15) is 45.1 Å². The summed E-state index contributed by atoms with van der Waals surface area (Å²) in [6.45, 7) is 5.58. The molecule has 1 rings (SSSR count). The highest BCUT2D eigenvalue weighted by Crippen LogP contribution is 2.06. The number of nitrogens with one attached hydrogen (secondary N) is 2. The Labute approximate surface area is 176 Å². The van der Waals surface area contributed by atoms with E-state index in [1.54, 1.807) is 0 Å². The van der Waals surface area contributed by atoms with Crippen LogP contribution in [0.4, 0.5) is 0 Å². The molecule has 0 amide bonds. The highest BCUT2D eigenvalue weighted by Gasteiger charge is 2.09. The highest BCUT2D eigenvalue weighted by atomic mass is 127. The number of guanidine groups is 1. The molecule has 0 spiro atoms. The zero-order valence-electron chi connectivity index (χ0n) is 16.2. The topological polar surface area (TPSA) is 70.6 Å². The molecular formula is C19H34IN3O2S.